The van der Waals surface area contributed by atoms with Gasteiger partial charge in [-0.25, -0.2) is 9.37 Å². The normalized spacial score (nSPS) is 12.6. The highest BCUT2D eigenvalue weighted by molar-refractivity contribution is 5.75. The highest BCUT2D eigenvalue weighted by Gasteiger charge is 2.13. The molecule has 1 heterocycles. The standard InChI is InChI=1S/C17H17FN2O/c1-10-4-6-14(8-11(10)2)21-12(3)17-19-15-7-5-13(18)9-16(15)20-17/h4-9,12H,1-3H3,(H,19,20)/t12-/m1/s1. The summed E-state index contributed by atoms with van der Waals surface area (Å²) < 4.78 is 19.1. The van der Waals surface area contributed by atoms with E-state index in [0.29, 0.717) is 11.3 Å². The van der Waals surface area contributed by atoms with E-state index in [1.807, 2.05) is 25.1 Å². The van der Waals surface area contributed by atoms with Gasteiger partial charge in [-0.15, -0.1) is 0 Å². The second-order valence-electron chi connectivity index (χ2n) is 5.29. The Kier molecular flexibility index (Phi) is 3.37. The average molecular weight is 284 g/mol. The van der Waals surface area contributed by atoms with Gasteiger partial charge in [-0.1, -0.05) is 6.07 Å². The molecule has 3 aromatic rings. The van der Waals surface area contributed by atoms with Crippen LogP contribution in [0.2, 0.25) is 0 Å². The molecular formula is C17H17FN2O. The van der Waals surface area contributed by atoms with Crippen LogP contribution in [0.1, 0.15) is 30.0 Å². The first-order chi connectivity index (χ1) is 10.0. The molecule has 0 amide bonds. The Morgan fingerprint density at radius 3 is 2.67 bits per heavy atom. The highest BCUT2D eigenvalue weighted by atomic mass is 19.1. The Bertz CT molecular complexity index is 795. The van der Waals surface area contributed by atoms with Gasteiger partial charge in [0.25, 0.3) is 0 Å². The van der Waals surface area contributed by atoms with Gasteiger partial charge in [0.05, 0.1) is 11.0 Å². The van der Waals surface area contributed by atoms with E-state index in [1.54, 1.807) is 6.07 Å². The Morgan fingerprint density at radius 2 is 1.90 bits per heavy atom. The van der Waals surface area contributed by atoms with Crippen LogP contribution in [-0.4, -0.2) is 9.97 Å². The van der Waals surface area contributed by atoms with Gasteiger partial charge in [-0.05, 0) is 62.2 Å². The summed E-state index contributed by atoms with van der Waals surface area (Å²) in [6.45, 7) is 6.04. The predicted molar refractivity (Wildman–Crippen MR) is 81.0 cm³/mol. The van der Waals surface area contributed by atoms with Crippen molar-refractivity contribution in [3.8, 4) is 5.75 Å². The van der Waals surface area contributed by atoms with Gasteiger partial charge in [-0.3, -0.25) is 0 Å². The quantitative estimate of drug-likeness (QED) is 0.771. The van der Waals surface area contributed by atoms with Crippen molar-refractivity contribution in [3.63, 3.8) is 0 Å². The van der Waals surface area contributed by atoms with Crippen LogP contribution in [-0.2, 0) is 0 Å². The summed E-state index contributed by atoms with van der Waals surface area (Å²) in [5, 5.41) is 0. The third-order valence-electron chi connectivity index (χ3n) is 3.64. The predicted octanol–water partition coefficient (Wildman–Crippen LogP) is 4.46. The summed E-state index contributed by atoms with van der Waals surface area (Å²) in [6.07, 6.45) is -0.234. The minimum Gasteiger partial charge on any atom is -0.483 e. The first-order valence-corrected chi connectivity index (χ1v) is 6.92. The Labute approximate surface area is 122 Å². The van der Waals surface area contributed by atoms with E-state index in [9.17, 15) is 4.39 Å². The maximum Gasteiger partial charge on any atom is 0.153 e. The number of benzene rings is 2. The number of hydrogen-bond acceptors (Lipinski definition) is 2. The van der Waals surface area contributed by atoms with Crippen molar-refractivity contribution in [1.82, 2.24) is 9.97 Å². The zero-order chi connectivity index (χ0) is 15.0. The van der Waals surface area contributed by atoms with E-state index in [-0.39, 0.29) is 11.9 Å². The number of aryl methyl sites for hydroxylation is 2. The summed E-state index contributed by atoms with van der Waals surface area (Å²) in [4.78, 5) is 7.55. The summed E-state index contributed by atoms with van der Waals surface area (Å²) in [6, 6.07) is 10.5. The van der Waals surface area contributed by atoms with Crippen molar-refractivity contribution < 1.29 is 9.13 Å². The lowest BCUT2D eigenvalue weighted by molar-refractivity contribution is 0.218. The lowest BCUT2D eigenvalue weighted by atomic mass is 10.1. The second-order valence-corrected chi connectivity index (χ2v) is 5.29. The van der Waals surface area contributed by atoms with Gasteiger partial charge >= 0.3 is 0 Å². The van der Waals surface area contributed by atoms with E-state index in [2.05, 4.69) is 23.8 Å². The number of ether oxygens (including phenoxy) is 1. The van der Waals surface area contributed by atoms with E-state index >= 15 is 0 Å². The number of nitrogens with zero attached hydrogens (tertiary/aromatic N) is 1. The molecule has 3 rings (SSSR count). The number of nitrogens with one attached hydrogen (secondary N) is 1. The van der Waals surface area contributed by atoms with Crippen LogP contribution in [0.5, 0.6) is 5.75 Å². The summed E-state index contributed by atoms with van der Waals surface area (Å²) in [5.41, 5.74) is 3.84. The van der Waals surface area contributed by atoms with Crippen molar-refractivity contribution in [1.29, 1.82) is 0 Å². The van der Waals surface area contributed by atoms with Gasteiger partial charge in [0, 0.05) is 0 Å². The van der Waals surface area contributed by atoms with Crippen molar-refractivity contribution in [2.75, 3.05) is 0 Å². The SMILES string of the molecule is Cc1ccc(O[C@H](C)c2nc3ccc(F)cc3[nH]2)cc1C. The lowest BCUT2D eigenvalue weighted by Crippen LogP contribution is -2.05. The summed E-state index contributed by atoms with van der Waals surface area (Å²) in [5.74, 6) is 1.21. The Balaban J connectivity index is 1.85. The Hall–Kier alpha value is -2.36. The molecule has 0 aliphatic heterocycles. The highest BCUT2D eigenvalue weighted by Crippen LogP contribution is 2.24. The minimum atomic E-state index is -0.277. The van der Waals surface area contributed by atoms with Crippen molar-refractivity contribution in [3.05, 3.63) is 59.2 Å². The molecule has 1 atom stereocenters. The van der Waals surface area contributed by atoms with Gasteiger partial charge in [0.2, 0.25) is 0 Å². The zero-order valence-electron chi connectivity index (χ0n) is 12.3. The van der Waals surface area contributed by atoms with Crippen LogP contribution in [0.25, 0.3) is 11.0 Å². The second kappa shape index (κ2) is 5.20. The third-order valence-corrected chi connectivity index (χ3v) is 3.64. The van der Waals surface area contributed by atoms with Crippen molar-refractivity contribution in [2.45, 2.75) is 26.9 Å². The third kappa shape index (κ3) is 2.75. The van der Waals surface area contributed by atoms with Gasteiger partial charge in [0.1, 0.15) is 17.4 Å². The van der Waals surface area contributed by atoms with Crippen LogP contribution in [0.3, 0.4) is 0 Å². The number of aromatic nitrogens is 2. The fourth-order valence-corrected chi connectivity index (χ4v) is 2.24. The molecule has 21 heavy (non-hydrogen) atoms. The monoisotopic (exact) mass is 284 g/mol. The molecule has 3 nitrogen and oxygen atoms in total. The molecule has 1 N–H and O–H groups in total. The van der Waals surface area contributed by atoms with Crippen molar-refractivity contribution >= 4 is 11.0 Å². The fraction of sp³-hybridized carbons (Fsp3) is 0.235. The Morgan fingerprint density at radius 1 is 1.10 bits per heavy atom. The number of aromatic amines is 1. The molecule has 4 heteroatoms. The number of imidazole rings is 1. The minimum absolute atomic E-state index is 0.234. The molecule has 0 aliphatic carbocycles. The van der Waals surface area contributed by atoms with E-state index < -0.39 is 0 Å². The smallest absolute Gasteiger partial charge is 0.153 e. The molecule has 1 aromatic heterocycles. The zero-order valence-corrected chi connectivity index (χ0v) is 12.3. The molecule has 0 bridgehead atoms. The molecule has 0 spiro atoms. The van der Waals surface area contributed by atoms with Crippen LogP contribution in [0, 0.1) is 19.7 Å². The maximum atomic E-state index is 13.2. The number of fused-ring (bicyclic) bond motifs is 1. The largest absolute Gasteiger partial charge is 0.483 e. The molecule has 0 saturated heterocycles. The van der Waals surface area contributed by atoms with Gasteiger partial charge in [-0.2, -0.15) is 0 Å². The number of H-pyrrole nitrogens is 1. The van der Waals surface area contributed by atoms with Crippen LogP contribution in [0.4, 0.5) is 4.39 Å². The van der Waals surface area contributed by atoms with E-state index in [0.717, 1.165) is 11.3 Å². The fourth-order valence-electron chi connectivity index (χ4n) is 2.24. The number of rotatable bonds is 3. The molecular weight excluding hydrogens is 267 g/mol. The molecule has 108 valence electrons. The summed E-state index contributed by atoms with van der Waals surface area (Å²) >= 11 is 0. The number of halogens is 1. The first kappa shape index (κ1) is 13.6. The molecule has 0 unspecified atom stereocenters. The number of hydrogen-bond donors (Lipinski definition) is 1. The van der Waals surface area contributed by atoms with Crippen LogP contribution >= 0.6 is 0 Å². The molecule has 0 saturated carbocycles. The van der Waals surface area contributed by atoms with E-state index in [4.69, 9.17) is 4.74 Å². The van der Waals surface area contributed by atoms with E-state index in [1.165, 1.54) is 23.3 Å². The average Bonchev–Trinajstić information content (AvgIpc) is 2.86. The molecule has 0 fully saturated rings. The summed E-state index contributed by atoms with van der Waals surface area (Å²) in [7, 11) is 0. The van der Waals surface area contributed by atoms with Gasteiger partial charge in [0.15, 0.2) is 6.10 Å². The topological polar surface area (TPSA) is 37.9 Å². The van der Waals surface area contributed by atoms with Crippen LogP contribution in [0.15, 0.2) is 36.4 Å². The molecule has 0 radical (unpaired) electrons. The molecule has 0 aliphatic rings. The lowest BCUT2D eigenvalue weighted by Gasteiger charge is -2.13. The first-order valence-electron chi connectivity index (χ1n) is 6.92. The van der Waals surface area contributed by atoms with Gasteiger partial charge < -0.3 is 9.72 Å². The van der Waals surface area contributed by atoms with Crippen LogP contribution < -0.4 is 4.74 Å². The maximum absolute atomic E-state index is 13.2. The molecule has 2 aromatic carbocycles. The van der Waals surface area contributed by atoms with Crippen molar-refractivity contribution in [2.24, 2.45) is 0 Å².